The largest absolute Gasteiger partial charge is 0.507 e. The summed E-state index contributed by atoms with van der Waals surface area (Å²) < 4.78 is 2.65. The van der Waals surface area contributed by atoms with Crippen LogP contribution in [0.2, 0.25) is 0 Å². The zero-order valence-electron chi connectivity index (χ0n) is 14.0. The average molecular weight is 401 g/mol. The van der Waals surface area contributed by atoms with Crippen LogP contribution >= 0.6 is 15.9 Å². The van der Waals surface area contributed by atoms with Crippen LogP contribution in [0.4, 0.5) is 5.82 Å². The van der Waals surface area contributed by atoms with Gasteiger partial charge in [-0.15, -0.1) is 0 Å². The molecule has 0 saturated heterocycles. The molecular formula is C19H21BrN4O. The number of benzene rings is 1. The number of para-hydroxylation sites is 1. The van der Waals surface area contributed by atoms with Gasteiger partial charge in [0, 0.05) is 18.2 Å². The van der Waals surface area contributed by atoms with Crippen molar-refractivity contribution >= 4 is 27.4 Å². The van der Waals surface area contributed by atoms with Crippen molar-refractivity contribution in [3.63, 3.8) is 0 Å². The summed E-state index contributed by atoms with van der Waals surface area (Å²) in [4.78, 5) is 4.67. The summed E-state index contributed by atoms with van der Waals surface area (Å²) >= 11 is 3.52. The van der Waals surface area contributed by atoms with Crippen molar-refractivity contribution in [3.8, 4) is 17.0 Å². The molecule has 1 fully saturated rings. The van der Waals surface area contributed by atoms with E-state index in [1.165, 1.54) is 32.1 Å². The van der Waals surface area contributed by atoms with Gasteiger partial charge in [0.05, 0.1) is 16.4 Å². The Balaban J connectivity index is 1.70. The van der Waals surface area contributed by atoms with Crippen LogP contribution in [0, 0.1) is 5.92 Å². The summed E-state index contributed by atoms with van der Waals surface area (Å²) in [5, 5.41) is 18.2. The van der Waals surface area contributed by atoms with E-state index in [2.05, 4.69) is 31.3 Å². The summed E-state index contributed by atoms with van der Waals surface area (Å²) in [7, 11) is 0. The first-order valence-electron chi connectivity index (χ1n) is 8.79. The molecule has 1 saturated carbocycles. The van der Waals surface area contributed by atoms with E-state index < -0.39 is 0 Å². The molecule has 2 aromatic heterocycles. The first-order valence-corrected chi connectivity index (χ1v) is 9.58. The molecule has 1 aliphatic rings. The lowest BCUT2D eigenvalue weighted by molar-refractivity contribution is 0.373. The highest BCUT2D eigenvalue weighted by molar-refractivity contribution is 9.10. The van der Waals surface area contributed by atoms with Crippen molar-refractivity contribution < 1.29 is 5.11 Å². The van der Waals surface area contributed by atoms with E-state index in [1.54, 1.807) is 12.3 Å². The van der Waals surface area contributed by atoms with Gasteiger partial charge < -0.3 is 10.4 Å². The number of phenols is 1. The second-order valence-electron chi connectivity index (χ2n) is 6.66. The lowest BCUT2D eigenvalue weighted by Gasteiger charge is -2.22. The second kappa shape index (κ2) is 7.04. The third-order valence-corrected chi connectivity index (χ3v) is 5.46. The van der Waals surface area contributed by atoms with E-state index in [4.69, 9.17) is 0 Å². The summed E-state index contributed by atoms with van der Waals surface area (Å²) in [5.74, 6) is 1.84. The minimum absolute atomic E-state index is 0.230. The third-order valence-electron chi connectivity index (χ3n) is 4.91. The van der Waals surface area contributed by atoms with Crippen LogP contribution in [0.1, 0.15) is 32.1 Å². The van der Waals surface area contributed by atoms with Crippen LogP contribution in [-0.4, -0.2) is 26.2 Å². The molecule has 2 N–H and O–H groups in total. The number of aromatic nitrogens is 3. The van der Waals surface area contributed by atoms with E-state index in [0.717, 1.165) is 33.7 Å². The zero-order chi connectivity index (χ0) is 17.2. The quantitative estimate of drug-likeness (QED) is 0.656. The predicted molar refractivity (Wildman–Crippen MR) is 103 cm³/mol. The molecule has 0 bridgehead atoms. The van der Waals surface area contributed by atoms with Gasteiger partial charge in [0.1, 0.15) is 11.6 Å². The number of phenolic OH excluding ortho intramolecular Hbond substituents is 1. The third kappa shape index (κ3) is 3.35. The molecule has 0 atom stereocenters. The molecule has 4 rings (SSSR count). The second-order valence-corrected chi connectivity index (χ2v) is 7.51. The number of halogens is 1. The van der Waals surface area contributed by atoms with Gasteiger partial charge in [0.2, 0.25) is 0 Å². The van der Waals surface area contributed by atoms with Crippen molar-refractivity contribution in [2.75, 3.05) is 11.9 Å². The van der Waals surface area contributed by atoms with Crippen LogP contribution in [0.5, 0.6) is 5.75 Å². The lowest BCUT2D eigenvalue weighted by atomic mass is 9.89. The SMILES string of the molecule is Oc1ccccc1-c1cc(NCC2CCCCC2)n2ncc(Br)c2n1. The fraction of sp³-hybridized carbons (Fsp3) is 0.368. The molecule has 25 heavy (non-hydrogen) atoms. The molecule has 6 heteroatoms. The van der Waals surface area contributed by atoms with E-state index in [-0.39, 0.29) is 5.75 Å². The van der Waals surface area contributed by atoms with Gasteiger partial charge in [-0.25, -0.2) is 4.98 Å². The molecule has 0 amide bonds. The number of anilines is 1. The van der Waals surface area contributed by atoms with Crippen LogP contribution < -0.4 is 5.32 Å². The Kier molecular flexibility index (Phi) is 4.61. The standard InChI is InChI=1S/C19H21BrN4O/c20-15-12-22-24-18(21-11-13-6-2-1-3-7-13)10-16(23-19(15)24)14-8-4-5-9-17(14)25/h4-5,8-10,12-13,21,25H,1-3,6-7,11H2. The Morgan fingerprint density at radius 1 is 1.20 bits per heavy atom. The molecule has 2 heterocycles. The molecule has 1 aromatic carbocycles. The smallest absolute Gasteiger partial charge is 0.172 e. The molecule has 0 radical (unpaired) electrons. The fourth-order valence-corrected chi connectivity index (χ4v) is 3.88. The van der Waals surface area contributed by atoms with Gasteiger partial charge >= 0.3 is 0 Å². The van der Waals surface area contributed by atoms with Crippen LogP contribution in [0.3, 0.4) is 0 Å². The molecule has 0 aliphatic heterocycles. The predicted octanol–water partition coefficient (Wildman–Crippen LogP) is 4.86. The molecular weight excluding hydrogens is 380 g/mol. The molecule has 1 aliphatic carbocycles. The Bertz CT molecular complexity index is 886. The number of hydrogen-bond acceptors (Lipinski definition) is 4. The minimum Gasteiger partial charge on any atom is -0.507 e. The van der Waals surface area contributed by atoms with Gasteiger partial charge in [0.15, 0.2) is 5.65 Å². The highest BCUT2D eigenvalue weighted by Gasteiger charge is 2.16. The van der Waals surface area contributed by atoms with Gasteiger partial charge in [-0.1, -0.05) is 31.4 Å². The number of fused-ring (bicyclic) bond motifs is 1. The Hall–Kier alpha value is -2.08. The van der Waals surface area contributed by atoms with Gasteiger partial charge in [-0.05, 0) is 46.8 Å². The fourth-order valence-electron chi connectivity index (χ4n) is 3.53. The van der Waals surface area contributed by atoms with Gasteiger partial charge in [-0.2, -0.15) is 9.61 Å². The zero-order valence-corrected chi connectivity index (χ0v) is 15.5. The molecule has 3 aromatic rings. The van der Waals surface area contributed by atoms with Crippen LogP contribution in [0.25, 0.3) is 16.9 Å². The number of nitrogens with zero attached hydrogens (tertiary/aromatic N) is 3. The summed E-state index contributed by atoms with van der Waals surface area (Å²) in [6.45, 7) is 0.941. The van der Waals surface area contributed by atoms with Crippen LogP contribution in [-0.2, 0) is 0 Å². The highest BCUT2D eigenvalue weighted by atomic mass is 79.9. The minimum atomic E-state index is 0.230. The van der Waals surface area contributed by atoms with Gasteiger partial charge in [-0.3, -0.25) is 0 Å². The molecule has 0 unspecified atom stereocenters. The van der Waals surface area contributed by atoms with Crippen molar-refractivity contribution in [1.29, 1.82) is 0 Å². The van der Waals surface area contributed by atoms with E-state index in [9.17, 15) is 5.11 Å². The van der Waals surface area contributed by atoms with Crippen molar-refractivity contribution in [2.45, 2.75) is 32.1 Å². The summed E-state index contributed by atoms with van der Waals surface area (Å²) in [6.07, 6.45) is 8.35. The topological polar surface area (TPSA) is 62.5 Å². The number of hydrogen-bond donors (Lipinski definition) is 2. The number of aromatic hydroxyl groups is 1. The molecule has 5 nitrogen and oxygen atoms in total. The average Bonchev–Trinajstić information content (AvgIpc) is 3.02. The van der Waals surface area contributed by atoms with Gasteiger partial charge in [0.25, 0.3) is 0 Å². The summed E-state index contributed by atoms with van der Waals surface area (Å²) in [6, 6.07) is 9.24. The van der Waals surface area contributed by atoms with E-state index in [0.29, 0.717) is 5.92 Å². The summed E-state index contributed by atoms with van der Waals surface area (Å²) in [5.41, 5.74) is 2.20. The maximum Gasteiger partial charge on any atom is 0.172 e. The van der Waals surface area contributed by atoms with E-state index >= 15 is 0 Å². The van der Waals surface area contributed by atoms with E-state index in [1.807, 2.05) is 28.8 Å². The number of nitrogens with one attached hydrogen (secondary N) is 1. The maximum atomic E-state index is 10.2. The normalized spacial score (nSPS) is 15.6. The molecule has 0 spiro atoms. The molecule has 130 valence electrons. The first kappa shape index (κ1) is 16.4. The van der Waals surface area contributed by atoms with Crippen molar-refractivity contribution in [1.82, 2.24) is 14.6 Å². The highest BCUT2D eigenvalue weighted by Crippen LogP contribution is 2.31. The van der Waals surface area contributed by atoms with Crippen LogP contribution in [0.15, 0.2) is 41.0 Å². The van der Waals surface area contributed by atoms with Crippen molar-refractivity contribution in [2.24, 2.45) is 5.92 Å². The van der Waals surface area contributed by atoms with Crippen molar-refractivity contribution in [3.05, 3.63) is 41.0 Å². The Morgan fingerprint density at radius 3 is 2.80 bits per heavy atom. The first-order chi connectivity index (χ1) is 12.2. The number of rotatable bonds is 4. The monoisotopic (exact) mass is 400 g/mol. The Morgan fingerprint density at radius 2 is 2.00 bits per heavy atom. The Labute approximate surface area is 155 Å². The lowest BCUT2D eigenvalue weighted by Crippen LogP contribution is -2.18. The maximum absolute atomic E-state index is 10.2.